The van der Waals surface area contributed by atoms with E-state index in [9.17, 15) is 0 Å². The van der Waals surface area contributed by atoms with Gasteiger partial charge in [0.1, 0.15) is 31.6 Å². The molecule has 0 amide bonds. The molecule has 2 aromatic carbocycles. The lowest BCUT2D eigenvalue weighted by Gasteiger charge is -2.20. The summed E-state index contributed by atoms with van der Waals surface area (Å²) in [7, 11) is -2.32. The lowest BCUT2D eigenvalue weighted by molar-refractivity contribution is 0.438. The van der Waals surface area contributed by atoms with Crippen LogP contribution < -0.4 is 8.85 Å². The monoisotopic (exact) mass is 595 g/mol. The van der Waals surface area contributed by atoms with Crippen molar-refractivity contribution in [2.45, 2.75) is 6.92 Å². The summed E-state index contributed by atoms with van der Waals surface area (Å²) in [5.74, 6) is -0.0405. The minimum Gasteiger partial charge on any atom is -0.504 e. The average Bonchev–Trinajstić information content (AvgIpc) is 2.68. The van der Waals surface area contributed by atoms with E-state index in [1.807, 2.05) is 0 Å². The van der Waals surface area contributed by atoms with Crippen molar-refractivity contribution in [2.75, 3.05) is 0 Å². The SMILES string of the molecule is CC=C[Si](Oc1c(Cl)c(Cl)c(Cl)c(Cl)c1Cl)Oc1c(Cl)c(Cl)c(Cl)c(Cl)c1Cl. The first-order chi connectivity index (χ1) is 13.0. The third kappa shape index (κ3) is 5.03. The van der Waals surface area contributed by atoms with Crippen molar-refractivity contribution in [3.05, 3.63) is 62.0 Å². The molecule has 0 aliphatic heterocycles. The number of hydrogen-bond donors (Lipinski definition) is 0. The van der Waals surface area contributed by atoms with Gasteiger partial charge in [-0.05, 0) is 12.6 Å². The normalized spacial score (nSPS) is 11.6. The van der Waals surface area contributed by atoms with E-state index in [1.54, 1.807) is 18.7 Å². The summed E-state index contributed by atoms with van der Waals surface area (Å²) >= 11 is 61.0. The molecule has 0 spiro atoms. The Kier molecular flexibility index (Phi) is 9.41. The summed E-state index contributed by atoms with van der Waals surface area (Å²) in [6, 6.07) is 0. The summed E-state index contributed by atoms with van der Waals surface area (Å²) in [6.45, 7) is 1.74. The van der Waals surface area contributed by atoms with E-state index < -0.39 is 9.28 Å². The zero-order valence-electron chi connectivity index (χ0n) is 13.3. The zero-order chi connectivity index (χ0) is 21.3. The van der Waals surface area contributed by atoms with Crippen LogP contribution in [0.1, 0.15) is 6.92 Å². The standard InChI is InChI=1S/C15H5Cl10O2Si/c1-2-3-28(26-14-10(22)6(18)4(16)7(19)11(14)23)27-15-12(24)8(20)5(17)9(21)13(15)25/h2-3H,1H3. The molecule has 0 N–H and O–H groups in total. The predicted molar refractivity (Wildman–Crippen MR) is 125 cm³/mol. The molecule has 0 aliphatic rings. The first kappa shape index (κ1) is 25.2. The molecule has 0 aliphatic carbocycles. The molecule has 0 aromatic heterocycles. The highest BCUT2D eigenvalue weighted by atomic mass is 35.5. The smallest absolute Gasteiger partial charge is 0.504 e. The van der Waals surface area contributed by atoms with Gasteiger partial charge >= 0.3 is 9.28 Å². The maximum atomic E-state index is 6.20. The third-order valence-corrected chi connectivity index (χ3v) is 8.95. The van der Waals surface area contributed by atoms with E-state index in [4.69, 9.17) is 125 Å². The fourth-order valence-corrected chi connectivity index (χ4v) is 5.69. The third-order valence-electron chi connectivity index (χ3n) is 3.05. The molecule has 0 saturated carbocycles. The van der Waals surface area contributed by atoms with Gasteiger partial charge in [0.05, 0.1) is 30.1 Å². The highest BCUT2D eigenvalue weighted by molar-refractivity contribution is 6.59. The second-order valence-electron chi connectivity index (χ2n) is 4.82. The van der Waals surface area contributed by atoms with Crippen LogP contribution in [-0.4, -0.2) is 9.28 Å². The molecule has 2 nitrogen and oxygen atoms in total. The van der Waals surface area contributed by atoms with Gasteiger partial charge in [0.15, 0.2) is 0 Å². The Morgan fingerprint density at radius 1 is 0.500 bits per heavy atom. The number of halogens is 10. The van der Waals surface area contributed by atoms with Gasteiger partial charge in [0.25, 0.3) is 0 Å². The lowest BCUT2D eigenvalue weighted by Crippen LogP contribution is -2.28. The Hall–Kier alpha value is 0.897. The second-order valence-corrected chi connectivity index (χ2v) is 9.98. The van der Waals surface area contributed by atoms with Gasteiger partial charge in [0, 0.05) is 0 Å². The van der Waals surface area contributed by atoms with Crippen molar-refractivity contribution >= 4 is 125 Å². The van der Waals surface area contributed by atoms with Crippen LogP contribution in [0.15, 0.2) is 11.8 Å². The zero-order valence-corrected chi connectivity index (χ0v) is 21.8. The van der Waals surface area contributed by atoms with Crippen molar-refractivity contribution in [3.63, 3.8) is 0 Å². The quantitative estimate of drug-likeness (QED) is 0.193. The minimum atomic E-state index is -2.32. The fraction of sp³-hybridized carbons (Fsp3) is 0.0667. The van der Waals surface area contributed by atoms with Gasteiger partial charge in [-0.3, -0.25) is 0 Å². The Balaban J connectivity index is 2.51. The van der Waals surface area contributed by atoms with Gasteiger partial charge < -0.3 is 8.85 Å². The number of hydrogen-bond acceptors (Lipinski definition) is 2. The number of benzene rings is 2. The van der Waals surface area contributed by atoms with Gasteiger partial charge in [-0.1, -0.05) is 122 Å². The van der Waals surface area contributed by atoms with Gasteiger partial charge in [-0.25, -0.2) is 0 Å². The molecule has 13 heteroatoms. The Morgan fingerprint density at radius 2 is 0.750 bits per heavy atom. The van der Waals surface area contributed by atoms with Crippen molar-refractivity contribution in [3.8, 4) is 11.5 Å². The van der Waals surface area contributed by atoms with Crippen molar-refractivity contribution < 1.29 is 8.85 Å². The van der Waals surface area contributed by atoms with E-state index >= 15 is 0 Å². The minimum absolute atomic E-state index is 0.00578. The van der Waals surface area contributed by atoms with E-state index in [0.29, 0.717) is 0 Å². The molecule has 28 heavy (non-hydrogen) atoms. The van der Waals surface area contributed by atoms with Crippen LogP contribution in [0, 0.1) is 0 Å². The summed E-state index contributed by atoms with van der Waals surface area (Å²) in [5, 5.41) is -0.274. The van der Waals surface area contributed by atoms with Crippen molar-refractivity contribution in [1.82, 2.24) is 0 Å². The van der Waals surface area contributed by atoms with Crippen LogP contribution in [0.3, 0.4) is 0 Å². The topological polar surface area (TPSA) is 18.5 Å². The molecule has 2 rings (SSSR count). The molecular formula is C15H5Cl10O2Si. The Morgan fingerprint density at radius 3 is 1.00 bits per heavy atom. The van der Waals surface area contributed by atoms with Crippen LogP contribution in [0.2, 0.25) is 50.2 Å². The molecule has 0 fully saturated rings. The van der Waals surface area contributed by atoms with Gasteiger partial charge in [0.2, 0.25) is 0 Å². The molecular weight excluding hydrogens is 595 g/mol. The fourth-order valence-electron chi connectivity index (χ4n) is 1.77. The van der Waals surface area contributed by atoms with E-state index in [1.165, 1.54) is 0 Å². The van der Waals surface area contributed by atoms with Crippen LogP contribution >= 0.6 is 116 Å². The molecule has 0 unspecified atom stereocenters. The summed E-state index contributed by atoms with van der Waals surface area (Å²) in [6.07, 6.45) is 1.68. The Labute approximate surface area is 212 Å². The predicted octanol–water partition coefficient (Wildman–Crippen LogP) is 10.3. The van der Waals surface area contributed by atoms with Gasteiger partial charge in [-0.2, -0.15) is 0 Å². The number of rotatable bonds is 5. The molecule has 0 atom stereocenters. The van der Waals surface area contributed by atoms with E-state index in [0.717, 1.165) is 0 Å². The maximum Gasteiger partial charge on any atom is 0.564 e. The van der Waals surface area contributed by atoms with Crippen molar-refractivity contribution in [1.29, 1.82) is 0 Å². The lowest BCUT2D eigenvalue weighted by atomic mass is 10.3. The van der Waals surface area contributed by atoms with Crippen LogP contribution in [0.25, 0.3) is 0 Å². The highest BCUT2D eigenvalue weighted by Crippen LogP contribution is 2.50. The first-order valence-corrected chi connectivity index (χ1v) is 12.1. The second kappa shape index (κ2) is 10.5. The van der Waals surface area contributed by atoms with Crippen LogP contribution in [0.4, 0.5) is 0 Å². The molecule has 151 valence electrons. The van der Waals surface area contributed by atoms with E-state index in [2.05, 4.69) is 0 Å². The first-order valence-electron chi connectivity index (χ1n) is 6.91. The van der Waals surface area contributed by atoms with Crippen LogP contribution in [0.5, 0.6) is 11.5 Å². The van der Waals surface area contributed by atoms with Crippen molar-refractivity contribution in [2.24, 2.45) is 0 Å². The summed E-state index contributed by atoms with van der Waals surface area (Å²) in [5.41, 5.74) is 1.61. The van der Waals surface area contributed by atoms with Gasteiger partial charge in [-0.15, -0.1) is 0 Å². The molecule has 0 saturated heterocycles. The largest absolute Gasteiger partial charge is 0.564 e. The molecule has 1 radical (unpaired) electrons. The number of allylic oxidation sites excluding steroid dienone is 1. The summed E-state index contributed by atoms with van der Waals surface area (Å²) in [4.78, 5) is 0. The molecule has 0 bridgehead atoms. The molecule has 0 heterocycles. The average molecular weight is 600 g/mol. The van der Waals surface area contributed by atoms with Crippen LogP contribution in [-0.2, 0) is 0 Å². The Bertz CT molecular complexity index is 833. The van der Waals surface area contributed by atoms with E-state index in [-0.39, 0.29) is 61.7 Å². The summed E-state index contributed by atoms with van der Waals surface area (Å²) < 4.78 is 11.6. The molecule has 2 aromatic rings. The highest BCUT2D eigenvalue weighted by Gasteiger charge is 2.29. The maximum absolute atomic E-state index is 6.20.